The Hall–Kier alpha value is -0.110. The van der Waals surface area contributed by atoms with Crippen molar-refractivity contribution in [1.82, 2.24) is 0 Å². The van der Waals surface area contributed by atoms with Crippen LogP contribution in [0.5, 0.6) is 0 Å². The molecule has 0 aromatic rings. The highest BCUT2D eigenvalue weighted by Crippen LogP contribution is 2.23. The molecule has 4 heteroatoms. The molecule has 1 atom stereocenters. The number of allylic oxidation sites excluding steroid dienone is 1. The zero-order valence-electron chi connectivity index (χ0n) is 10.5. The molecule has 0 bridgehead atoms. The molecular weight excluding hydrogens is 209 g/mol. The number of unbranched alkanes of at least 4 members (excludes halogenated alkanes) is 2. The standard InChI is InChI=1S/C11H25NO2P/c1-5-6-7-8-11-15(13)14-10-9-12(2,3)4/h8,11,15H,5-7,9-10H2,1-4H3/q+1. The van der Waals surface area contributed by atoms with E-state index in [0.29, 0.717) is 6.61 Å². The van der Waals surface area contributed by atoms with Gasteiger partial charge >= 0.3 is 0 Å². The van der Waals surface area contributed by atoms with Gasteiger partial charge in [-0.15, -0.1) is 0 Å². The highest BCUT2D eigenvalue weighted by atomic mass is 31.1. The second-order valence-electron chi connectivity index (χ2n) is 4.73. The molecular formula is C11H25NO2P+. The Balaban J connectivity index is 3.53. The van der Waals surface area contributed by atoms with Crippen LogP contribution in [0.4, 0.5) is 0 Å². The summed E-state index contributed by atoms with van der Waals surface area (Å²) >= 11 is 0. The molecule has 0 spiro atoms. The van der Waals surface area contributed by atoms with Gasteiger partial charge in [0.25, 0.3) is 0 Å². The highest BCUT2D eigenvalue weighted by Gasteiger charge is 2.06. The summed E-state index contributed by atoms with van der Waals surface area (Å²) in [5.74, 6) is 1.72. The Morgan fingerprint density at radius 2 is 2.00 bits per heavy atom. The van der Waals surface area contributed by atoms with Gasteiger partial charge < -0.3 is 9.01 Å². The van der Waals surface area contributed by atoms with Gasteiger partial charge in [0.15, 0.2) is 0 Å². The zero-order chi connectivity index (χ0) is 11.7. The molecule has 3 nitrogen and oxygen atoms in total. The lowest BCUT2D eigenvalue weighted by atomic mass is 10.2. The van der Waals surface area contributed by atoms with Gasteiger partial charge in [0.05, 0.1) is 21.1 Å². The summed E-state index contributed by atoms with van der Waals surface area (Å²) in [6.07, 6.45) is 5.31. The summed E-state index contributed by atoms with van der Waals surface area (Å²) in [4.78, 5) is 0. The first kappa shape index (κ1) is 14.9. The SMILES string of the molecule is CCCCC=C[PH](=O)OCC[N+](C)(C)C. The predicted molar refractivity (Wildman–Crippen MR) is 66.5 cm³/mol. The number of quaternary nitrogens is 1. The summed E-state index contributed by atoms with van der Waals surface area (Å²) in [7, 11) is 4.35. The molecule has 1 unspecified atom stereocenters. The Kier molecular flexibility index (Phi) is 8.03. The van der Waals surface area contributed by atoms with Crippen LogP contribution in [0, 0.1) is 0 Å². The van der Waals surface area contributed by atoms with Crippen LogP contribution in [0.2, 0.25) is 0 Å². The molecule has 0 heterocycles. The first-order chi connectivity index (χ1) is 6.95. The van der Waals surface area contributed by atoms with Gasteiger partial charge in [-0.1, -0.05) is 25.8 Å². The first-order valence-corrected chi connectivity index (χ1v) is 6.99. The number of hydrogen-bond donors (Lipinski definition) is 0. The summed E-state index contributed by atoms with van der Waals surface area (Å²) in [6, 6.07) is 0. The predicted octanol–water partition coefficient (Wildman–Crippen LogP) is 2.89. The van der Waals surface area contributed by atoms with Crippen molar-refractivity contribution < 1.29 is 13.6 Å². The molecule has 0 aromatic heterocycles. The number of likely N-dealkylation sites (N-methyl/N-ethyl adjacent to an activating group) is 1. The molecule has 0 aliphatic carbocycles. The minimum atomic E-state index is -1.93. The van der Waals surface area contributed by atoms with E-state index >= 15 is 0 Å². The Bertz CT molecular complexity index is 209. The largest absolute Gasteiger partial charge is 0.329 e. The molecule has 0 amide bonds. The van der Waals surface area contributed by atoms with Crippen molar-refractivity contribution in [3.63, 3.8) is 0 Å². The van der Waals surface area contributed by atoms with Gasteiger partial charge in [-0.2, -0.15) is 0 Å². The molecule has 0 saturated heterocycles. The van der Waals surface area contributed by atoms with Crippen LogP contribution in [0.15, 0.2) is 11.9 Å². The summed E-state index contributed by atoms with van der Waals surface area (Å²) in [5, 5.41) is 0. The van der Waals surface area contributed by atoms with Crippen molar-refractivity contribution >= 4 is 8.03 Å². The van der Waals surface area contributed by atoms with E-state index in [1.807, 2.05) is 6.08 Å². The summed E-state index contributed by atoms with van der Waals surface area (Å²) in [6.45, 7) is 3.60. The fourth-order valence-corrected chi connectivity index (χ4v) is 1.72. The summed E-state index contributed by atoms with van der Waals surface area (Å²) in [5.41, 5.74) is 0. The van der Waals surface area contributed by atoms with Gasteiger partial charge in [0.2, 0.25) is 8.03 Å². The minimum absolute atomic E-state index is 0.569. The molecule has 0 fully saturated rings. The number of rotatable bonds is 8. The second kappa shape index (κ2) is 8.09. The van der Waals surface area contributed by atoms with Gasteiger partial charge in [-0.3, -0.25) is 4.57 Å². The van der Waals surface area contributed by atoms with Crippen molar-refractivity contribution in [3.05, 3.63) is 11.9 Å². The van der Waals surface area contributed by atoms with E-state index < -0.39 is 8.03 Å². The first-order valence-electron chi connectivity index (χ1n) is 5.59. The van der Waals surface area contributed by atoms with Crippen LogP contribution in [0.1, 0.15) is 26.2 Å². The van der Waals surface area contributed by atoms with Crippen molar-refractivity contribution in [2.45, 2.75) is 26.2 Å². The third-order valence-electron chi connectivity index (χ3n) is 1.98. The number of nitrogens with zero attached hydrogens (tertiary/aromatic N) is 1. The maximum absolute atomic E-state index is 11.4. The fourth-order valence-electron chi connectivity index (χ4n) is 0.970. The van der Waals surface area contributed by atoms with Crippen LogP contribution in [0.3, 0.4) is 0 Å². The normalized spacial score (nSPS) is 14.7. The lowest BCUT2D eigenvalue weighted by Gasteiger charge is -2.23. The lowest BCUT2D eigenvalue weighted by Crippen LogP contribution is -2.37. The van der Waals surface area contributed by atoms with Crippen LogP contribution in [0.25, 0.3) is 0 Å². The van der Waals surface area contributed by atoms with E-state index in [9.17, 15) is 4.57 Å². The molecule has 0 N–H and O–H groups in total. The van der Waals surface area contributed by atoms with Crippen molar-refractivity contribution in [2.24, 2.45) is 0 Å². The molecule has 0 aliphatic rings. The average Bonchev–Trinajstić information content (AvgIpc) is 2.10. The lowest BCUT2D eigenvalue weighted by molar-refractivity contribution is -0.870. The maximum atomic E-state index is 11.4. The Labute approximate surface area is 94.6 Å². The monoisotopic (exact) mass is 234 g/mol. The fraction of sp³-hybridized carbons (Fsp3) is 0.818. The van der Waals surface area contributed by atoms with Crippen LogP contribution in [-0.2, 0) is 9.09 Å². The van der Waals surface area contributed by atoms with E-state index in [0.717, 1.165) is 23.9 Å². The van der Waals surface area contributed by atoms with Crippen molar-refractivity contribution in [1.29, 1.82) is 0 Å². The van der Waals surface area contributed by atoms with Crippen LogP contribution in [-0.4, -0.2) is 38.8 Å². The molecule has 0 radical (unpaired) electrons. The number of hydrogen-bond acceptors (Lipinski definition) is 2. The molecule has 0 aromatic carbocycles. The molecule has 0 saturated carbocycles. The van der Waals surface area contributed by atoms with E-state index in [4.69, 9.17) is 4.52 Å². The quantitative estimate of drug-likeness (QED) is 0.367. The third-order valence-corrected chi connectivity index (χ3v) is 2.98. The van der Waals surface area contributed by atoms with Gasteiger partial charge in [-0.25, -0.2) is 0 Å². The zero-order valence-corrected chi connectivity index (χ0v) is 11.5. The maximum Gasteiger partial charge on any atom is 0.213 e. The van der Waals surface area contributed by atoms with Gasteiger partial charge in [0, 0.05) is 0 Å². The molecule has 15 heavy (non-hydrogen) atoms. The second-order valence-corrected chi connectivity index (χ2v) is 5.99. The molecule has 0 rings (SSSR count). The Morgan fingerprint density at radius 1 is 1.33 bits per heavy atom. The molecule has 90 valence electrons. The van der Waals surface area contributed by atoms with Crippen LogP contribution >= 0.6 is 8.03 Å². The van der Waals surface area contributed by atoms with E-state index in [-0.39, 0.29) is 0 Å². The smallest absolute Gasteiger partial charge is 0.213 e. The highest BCUT2D eigenvalue weighted by molar-refractivity contribution is 7.42. The topological polar surface area (TPSA) is 26.3 Å². The van der Waals surface area contributed by atoms with E-state index in [1.54, 1.807) is 5.82 Å². The van der Waals surface area contributed by atoms with Crippen molar-refractivity contribution in [2.75, 3.05) is 34.3 Å². The van der Waals surface area contributed by atoms with Gasteiger partial charge in [0.1, 0.15) is 13.2 Å². The van der Waals surface area contributed by atoms with E-state index in [2.05, 4.69) is 28.1 Å². The minimum Gasteiger partial charge on any atom is -0.329 e. The van der Waals surface area contributed by atoms with Gasteiger partial charge in [-0.05, 0) is 12.2 Å². The summed E-state index contributed by atoms with van der Waals surface area (Å²) < 4.78 is 17.4. The third kappa shape index (κ3) is 11.8. The average molecular weight is 234 g/mol. The molecule has 0 aliphatic heterocycles. The van der Waals surface area contributed by atoms with Crippen molar-refractivity contribution in [3.8, 4) is 0 Å². The van der Waals surface area contributed by atoms with E-state index in [1.165, 1.54) is 6.42 Å². The van der Waals surface area contributed by atoms with Crippen LogP contribution < -0.4 is 0 Å². The Morgan fingerprint density at radius 3 is 2.53 bits per heavy atom.